The van der Waals surface area contributed by atoms with Gasteiger partial charge in [0.2, 0.25) is 0 Å². The van der Waals surface area contributed by atoms with E-state index in [1.807, 2.05) is 0 Å². The second-order valence-corrected chi connectivity index (χ2v) is 6.24. The molecule has 0 aromatic rings. The van der Waals surface area contributed by atoms with Crippen molar-refractivity contribution in [2.24, 2.45) is 0 Å². The Hall–Kier alpha value is -0.650. The van der Waals surface area contributed by atoms with E-state index in [1.165, 1.54) is 7.11 Å². The molecule has 1 fully saturated rings. The molecule has 0 heterocycles. The lowest BCUT2D eigenvalue weighted by atomic mass is 9.96. The number of carbonyl (C=O) groups is 1. The molecule has 1 saturated carbocycles. The van der Waals surface area contributed by atoms with Crippen LogP contribution < -0.4 is 5.32 Å². The standard InChI is InChI=1S/C15H30N2O3/c1-11(2)16-15(14(18)20-6)8-7-13(9-15)17(4)12(3)10-19-5/h11-13,16H,7-10H2,1-6H3. The highest BCUT2D eigenvalue weighted by Gasteiger charge is 2.47. The summed E-state index contributed by atoms with van der Waals surface area (Å²) in [4.78, 5) is 14.5. The summed E-state index contributed by atoms with van der Waals surface area (Å²) in [5, 5.41) is 3.43. The molecule has 0 bridgehead atoms. The Morgan fingerprint density at radius 2 is 2.05 bits per heavy atom. The summed E-state index contributed by atoms with van der Waals surface area (Å²) < 4.78 is 10.3. The fourth-order valence-electron chi connectivity index (χ4n) is 3.21. The number of methoxy groups -OCH3 is 2. The molecule has 1 aliphatic rings. The number of nitrogens with one attached hydrogen (secondary N) is 1. The minimum Gasteiger partial charge on any atom is -0.468 e. The highest BCUT2D eigenvalue weighted by molar-refractivity contribution is 5.81. The van der Waals surface area contributed by atoms with Gasteiger partial charge in [0.05, 0.1) is 13.7 Å². The van der Waals surface area contributed by atoms with E-state index in [0.29, 0.717) is 18.7 Å². The molecular formula is C15H30N2O3. The fraction of sp³-hybridized carbons (Fsp3) is 0.933. The monoisotopic (exact) mass is 286 g/mol. The SMILES string of the molecule is COCC(C)N(C)C1CCC(NC(C)C)(C(=O)OC)C1. The van der Waals surface area contributed by atoms with Gasteiger partial charge in [-0.1, -0.05) is 0 Å². The molecule has 0 aliphatic heterocycles. The van der Waals surface area contributed by atoms with Crippen molar-refractivity contribution in [3.63, 3.8) is 0 Å². The van der Waals surface area contributed by atoms with Crippen molar-refractivity contribution in [1.29, 1.82) is 0 Å². The molecule has 118 valence electrons. The summed E-state index contributed by atoms with van der Waals surface area (Å²) in [6, 6.07) is 0.984. The van der Waals surface area contributed by atoms with Crippen molar-refractivity contribution in [3.8, 4) is 0 Å². The maximum Gasteiger partial charge on any atom is 0.326 e. The Morgan fingerprint density at radius 3 is 2.55 bits per heavy atom. The number of hydrogen-bond donors (Lipinski definition) is 1. The number of nitrogens with zero attached hydrogens (tertiary/aromatic N) is 1. The Kier molecular flexibility index (Phi) is 6.43. The van der Waals surface area contributed by atoms with Crippen molar-refractivity contribution >= 4 is 5.97 Å². The van der Waals surface area contributed by atoms with Crippen LogP contribution in [0.3, 0.4) is 0 Å². The van der Waals surface area contributed by atoms with Crippen LogP contribution in [0, 0.1) is 0 Å². The van der Waals surface area contributed by atoms with Crippen molar-refractivity contribution < 1.29 is 14.3 Å². The fourth-order valence-corrected chi connectivity index (χ4v) is 3.21. The first-order valence-electron chi connectivity index (χ1n) is 7.43. The van der Waals surface area contributed by atoms with E-state index in [-0.39, 0.29) is 12.0 Å². The van der Waals surface area contributed by atoms with E-state index in [0.717, 1.165) is 19.3 Å². The van der Waals surface area contributed by atoms with Gasteiger partial charge in [0.15, 0.2) is 0 Å². The van der Waals surface area contributed by atoms with Crippen molar-refractivity contribution in [2.45, 2.75) is 63.7 Å². The molecule has 1 aliphatic carbocycles. The first-order chi connectivity index (χ1) is 9.36. The molecular weight excluding hydrogens is 256 g/mol. The van der Waals surface area contributed by atoms with Gasteiger partial charge in [0, 0.05) is 25.2 Å². The first kappa shape index (κ1) is 17.4. The summed E-state index contributed by atoms with van der Waals surface area (Å²) in [6.45, 7) is 6.98. The van der Waals surface area contributed by atoms with Crippen LogP contribution in [-0.4, -0.2) is 62.4 Å². The molecule has 0 saturated heterocycles. The Labute approximate surface area is 123 Å². The number of carbonyl (C=O) groups excluding carboxylic acids is 1. The van der Waals surface area contributed by atoms with E-state index >= 15 is 0 Å². The predicted octanol–water partition coefficient (Wildman–Crippen LogP) is 1.42. The van der Waals surface area contributed by atoms with Gasteiger partial charge in [-0.25, -0.2) is 0 Å². The summed E-state index contributed by atoms with van der Waals surface area (Å²) in [5.74, 6) is -0.138. The van der Waals surface area contributed by atoms with E-state index in [2.05, 4.69) is 38.0 Å². The molecule has 0 aromatic heterocycles. The van der Waals surface area contributed by atoms with E-state index < -0.39 is 5.54 Å². The minimum absolute atomic E-state index is 0.138. The third kappa shape index (κ3) is 3.93. The predicted molar refractivity (Wildman–Crippen MR) is 79.8 cm³/mol. The van der Waals surface area contributed by atoms with Crippen molar-refractivity contribution in [2.75, 3.05) is 27.9 Å². The van der Waals surface area contributed by atoms with Gasteiger partial charge in [-0.15, -0.1) is 0 Å². The lowest BCUT2D eigenvalue weighted by Crippen LogP contribution is -2.54. The van der Waals surface area contributed by atoms with E-state index in [9.17, 15) is 4.79 Å². The molecule has 5 heteroatoms. The number of hydrogen-bond acceptors (Lipinski definition) is 5. The van der Waals surface area contributed by atoms with Gasteiger partial charge in [0.1, 0.15) is 5.54 Å². The minimum atomic E-state index is -0.533. The van der Waals surface area contributed by atoms with Crippen molar-refractivity contribution in [1.82, 2.24) is 10.2 Å². The van der Waals surface area contributed by atoms with Gasteiger partial charge >= 0.3 is 5.97 Å². The highest BCUT2D eigenvalue weighted by Crippen LogP contribution is 2.35. The van der Waals surface area contributed by atoms with Crippen LogP contribution in [0.15, 0.2) is 0 Å². The maximum atomic E-state index is 12.2. The van der Waals surface area contributed by atoms with Gasteiger partial charge < -0.3 is 9.47 Å². The topological polar surface area (TPSA) is 50.8 Å². The molecule has 1 rings (SSSR count). The third-order valence-corrected chi connectivity index (χ3v) is 4.31. The van der Waals surface area contributed by atoms with Crippen LogP contribution in [0.2, 0.25) is 0 Å². The molecule has 3 unspecified atom stereocenters. The molecule has 3 atom stereocenters. The van der Waals surface area contributed by atoms with Crippen LogP contribution in [0.5, 0.6) is 0 Å². The van der Waals surface area contributed by atoms with Crippen molar-refractivity contribution in [3.05, 3.63) is 0 Å². The molecule has 0 aromatic carbocycles. The Balaban J connectivity index is 2.76. The third-order valence-electron chi connectivity index (χ3n) is 4.31. The Morgan fingerprint density at radius 1 is 1.40 bits per heavy atom. The Bertz CT molecular complexity index is 322. The smallest absolute Gasteiger partial charge is 0.326 e. The van der Waals surface area contributed by atoms with Gasteiger partial charge in [-0.2, -0.15) is 0 Å². The van der Waals surface area contributed by atoms with Crippen LogP contribution in [0.25, 0.3) is 0 Å². The van der Waals surface area contributed by atoms with Gasteiger partial charge in [-0.3, -0.25) is 15.0 Å². The first-order valence-corrected chi connectivity index (χ1v) is 7.43. The normalized spacial score (nSPS) is 28.1. The number of likely N-dealkylation sites (N-methyl/N-ethyl adjacent to an activating group) is 1. The zero-order valence-corrected chi connectivity index (χ0v) is 13.7. The molecule has 20 heavy (non-hydrogen) atoms. The highest BCUT2D eigenvalue weighted by atomic mass is 16.5. The van der Waals surface area contributed by atoms with Gasteiger partial charge in [0.25, 0.3) is 0 Å². The lowest BCUT2D eigenvalue weighted by molar-refractivity contribution is -0.149. The van der Waals surface area contributed by atoms with Crippen LogP contribution in [-0.2, 0) is 14.3 Å². The van der Waals surface area contributed by atoms with E-state index in [4.69, 9.17) is 9.47 Å². The summed E-state index contributed by atoms with van der Waals surface area (Å²) >= 11 is 0. The molecule has 0 spiro atoms. The molecule has 0 amide bonds. The molecule has 5 nitrogen and oxygen atoms in total. The van der Waals surface area contributed by atoms with E-state index in [1.54, 1.807) is 7.11 Å². The molecule has 1 N–H and O–H groups in total. The zero-order chi connectivity index (χ0) is 15.3. The maximum absolute atomic E-state index is 12.2. The van der Waals surface area contributed by atoms with Crippen LogP contribution in [0.1, 0.15) is 40.0 Å². The zero-order valence-electron chi connectivity index (χ0n) is 13.7. The van der Waals surface area contributed by atoms with Crippen LogP contribution in [0.4, 0.5) is 0 Å². The average Bonchev–Trinajstić information content (AvgIpc) is 2.81. The molecule has 0 radical (unpaired) electrons. The summed E-state index contributed by atoms with van der Waals surface area (Å²) in [5.41, 5.74) is -0.533. The number of rotatable bonds is 7. The largest absolute Gasteiger partial charge is 0.468 e. The van der Waals surface area contributed by atoms with Crippen LogP contribution >= 0.6 is 0 Å². The summed E-state index contributed by atoms with van der Waals surface area (Å²) in [6.07, 6.45) is 2.62. The second kappa shape index (κ2) is 7.38. The number of esters is 1. The van der Waals surface area contributed by atoms with Gasteiger partial charge in [-0.05, 0) is 47.1 Å². The number of ether oxygens (including phenoxy) is 2. The average molecular weight is 286 g/mol. The quantitative estimate of drug-likeness (QED) is 0.717. The summed E-state index contributed by atoms with van der Waals surface area (Å²) in [7, 11) is 5.30. The second-order valence-electron chi connectivity index (χ2n) is 6.24. The lowest BCUT2D eigenvalue weighted by Gasteiger charge is -2.33.